The number of benzene rings is 1. The number of nitrogens with one attached hydrogen (secondary N) is 1. The second kappa shape index (κ2) is 5.77. The van der Waals surface area contributed by atoms with E-state index in [0.717, 1.165) is 28.6 Å². The van der Waals surface area contributed by atoms with Gasteiger partial charge in [0.15, 0.2) is 0 Å². The zero-order valence-corrected chi connectivity index (χ0v) is 12.4. The van der Waals surface area contributed by atoms with Crippen LogP contribution in [-0.4, -0.2) is 23.2 Å². The summed E-state index contributed by atoms with van der Waals surface area (Å²) in [4.78, 5) is 11.6. The van der Waals surface area contributed by atoms with E-state index in [-0.39, 0.29) is 18.2 Å². The molecule has 1 aliphatic carbocycles. The summed E-state index contributed by atoms with van der Waals surface area (Å²) in [7, 11) is 1.62. The lowest BCUT2D eigenvalue weighted by Crippen LogP contribution is -2.38. The van der Waals surface area contributed by atoms with E-state index >= 15 is 0 Å². The van der Waals surface area contributed by atoms with Crippen molar-refractivity contribution in [3.05, 3.63) is 29.8 Å². The Labute approximate surface area is 120 Å². The number of rotatable bonds is 5. The minimum absolute atomic E-state index is 0.00243. The monoisotopic (exact) mass is 361 g/mol. The van der Waals surface area contributed by atoms with Crippen molar-refractivity contribution >= 4 is 28.7 Å². The van der Waals surface area contributed by atoms with Crippen molar-refractivity contribution < 1.29 is 14.3 Å². The Kier molecular flexibility index (Phi) is 4.31. The largest absolute Gasteiger partial charge is 0.497 e. The van der Waals surface area contributed by atoms with Crippen molar-refractivity contribution in [2.75, 3.05) is 11.5 Å². The van der Waals surface area contributed by atoms with E-state index in [9.17, 15) is 4.79 Å². The Morgan fingerprint density at radius 3 is 2.56 bits per heavy atom. The maximum atomic E-state index is 11.6. The average Bonchev–Trinajstić information content (AvgIpc) is 3.17. The maximum Gasteiger partial charge on any atom is 0.407 e. The summed E-state index contributed by atoms with van der Waals surface area (Å²) in [5.41, 5.74) is 0.947. The zero-order chi connectivity index (χ0) is 13.0. The topological polar surface area (TPSA) is 47.6 Å². The molecule has 1 aliphatic rings. The van der Waals surface area contributed by atoms with Crippen LogP contribution in [-0.2, 0) is 11.3 Å². The molecule has 0 heterocycles. The number of amides is 1. The second-order valence-corrected chi connectivity index (χ2v) is 5.23. The van der Waals surface area contributed by atoms with E-state index in [0.29, 0.717) is 0 Å². The first-order chi connectivity index (χ1) is 8.67. The molecule has 0 radical (unpaired) electrons. The molecule has 0 bridgehead atoms. The second-order valence-electron chi connectivity index (χ2n) is 4.46. The third kappa shape index (κ3) is 3.51. The van der Waals surface area contributed by atoms with E-state index in [4.69, 9.17) is 9.47 Å². The molecule has 2 rings (SSSR count). The fraction of sp³-hybridized carbons (Fsp3) is 0.462. The van der Waals surface area contributed by atoms with Gasteiger partial charge in [0.1, 0.15) is 12.4 Å². The molecule has 1 saturated carbocycles. The van der Waals surface area contributed by atoms with Gasteiger partial charge in [-0.1, -0.05) is 34.7 Å². The zero-order valence-electron chi connectivity index (χ0n) is 10.2. The van der Waals surface area contributed by atoms with Gasteiger partial charge in [-0.05, 0) is 30.5 Å². The molecule has 4 nitrogen and oxygen atoms in total. The fourth-order valence-corrected chi connectivity index (χ4v) is 2.52. The van der Waals surface area contributed by atoms with Crippen LogP contribution in [0.1, 0.15) is 18.4 Å². The van der Waals surface area contributed by atoms with Crippen LogP contribution in [0.4, 0.5) is 4.79 Å². The lowest BCUT2D eigenvalue weighted by Gasteiger charge is -2.14. The molecule has 98 valence electrons. The van der Waals surface area contributed by atoms with Crippen molar-refractivity contribution in [3.8, 4) is 5.75 Å². The highest BCUT2D eigenvalue weighted by Gasteiger charge is 2.43. The summed E-state index contributed by atoms with van der Waals surface area (Å²) < 4.78 is 11.2. The van der Waals surface area contributed by atoms with Gasteiger partial charge < -0.3 is 14.8 Å². The minimum Gasteiger partial charge on any atom is -0.497 e. The predicted octanol–water partition coefficient (Wildman–Crippen LogP) is 2.89. The van der Waals surface area contributed by atoms with Gasteiger partial charge in [0.2, 0.25) is 0 Å². The molecule has 0 spiro atoms. The van der Waals surface area contributed by atoms with Crippen LogP contribution in [0.15, 0.2) is 24.3 Å². The summed E-state index contributed by atoms with van der Waals surface area (Å²) >= 11 is 2.29. The van der Waals surface area contributed by atoms with Crippen LogP contribution >= 0.6 is 22.6 Å². The van der Waals surface area contributed by atoms with Gasteiger partial charge in [-0.3, -0.25) is 0 Å². The summed E-state index contributed by atoms with van der Waals surface area (Å²) in [5.74, 6) is 0.796. The number of hydrogen-bond acceptors (Lipinski definition) is 3. The molecule has 1 aromatic carbocycles. The van der Waals surface area contributed by atoms with E-state index < -0.39 is 0 Å². The van der Waals surface area contributed by atoms with E-state index in [1.54, 1.807) is 7.11 Å². The van der Waals surface area contributed by atoms with E-state index in [1.165, 1.54) is 0 Å². The van der Waals surface area contributed by atoms with Crippen molar-refractivity contribution in [3.63, 3.8) is 0 Å². The number of carbonyl (C=O) groups excluding carboxylic acids is 1. The van der Waals surface area contributed by atoms with Crippen LogP contribution in [0.25, 0.3) is 0 Å². The van der Waals surface area contributed by atoms with Gasteiger partial charge in [0.25, 0.3) is 0 Å². The molecule has 5 heteroatoms. The summed E-state index contributed by atoms with van der Waals surface area (Å²) in [6, 6.07) is 7.47. The predicted molar refractivity (Wildman–Crippen MR) is 77.2 cm³/mol. The number of halogens is 1. The molecule has 1 fully saturated rings. The third-order valence-corrected chi connectivity index (χ3v) is 4.47. The Morgan fingerprint density at radius 1 is 1.39 bits per heavy atom. The van der Waals surface area contributed by atoms with Crippen LogP contribution in [0.2, 0.25) is 0 Å². The fourth-order valence-electron chi connectivity index (χ4n) is 1.57. The number of hydrogen-bond donors (Lipinski definition) is 1. The molecule has 1 N–H and O–H groups in total. The summed E-state index contributed by atoms with van der Waals surface area (Å²) in [6.45, 7) is 0.285. The minimum atomic E-state index is -0.333. The lowest BCUT2D eigenvalue weighted by molar-refractivity contribution is 0.135. The van der Waals surface area contributed by atoms with Gasteiger partial charge in [-0.15, -0.1) is 0 Å². The first kappa shape index (κ1) is 13.5. The molecular formula is C13H16INO3. The number of methoxy groups -OCH3 is 1. The first-order valence-electron chi connectivity index (χ1n) is 5.81. The lowest BCUT2D eigenvalue weighted by atomic mass is 10.2. The van der Waals surface area contributed by atoms with Crippen LogP contribution in [0.3, 0.4) is 0 Å². The Bertz CT molecular complexity index is 415. The van der Waals surface area contributed by atoms with Gasteiger partial charge in [-0.25, -0.2) is 4.79 Å². The Morgan fingerprint density at radius 2 is 2.06 bits per heavy atom. The number of carbonyl (C=O) groups is 1. The van der Waals surface area contributed by atoms with Crippen LogP contribution in [0, 0.1) is 0 Å². The normalized spacial score (nSPS) is 15.9. The third-order valence-electron chi connectivity index (χ3n) is 3.01. The standard InChI is InChI=1S/C13H16INO3/c1-17-11-4-2-10(3-5-11)8-18-12(16)15-13(9-14)6-7-13/h2-5H,6-9H2,1H3,(H,15,16). The molecule has 0 unspecified atom stereocenters. The maximum absolute atomic E-state index is 11.6. The van der Waals surface area contributed by atoms with E-state index in [2.05, 4.69) is 27.9 Å². The van der Waals surface area contributed by atoms with Crippen molar-refractivity contribution in [1.82, 2.24) is 5.32 Å². The molecule has 0 aliphatic heterocycles. The molecular weight excluding hydrogens is 345 g/mol. The summed E-state index contributed by atoms with van der Waals surface area (Å²) in [5, 5.41) is 2.92. The highest BCUT2D eigenvalue weighted by Crippen LogP contribution is 2.37. The molecule has 0 saturated heterocycles. The van der Waals surface area contributed by atoms with Crippen molar-refractivity contribution in [1.29, 1.82) is 0 Å². The summed E-state index contributed by atoms with van der Waals surface area (Å²) in [6.07, 6.45) is 1.77. The molecule has 1 aromatic rings. The molecule has 0 aromatic heterocycles. The van der Waals surface area contributed by atoms with Gasteiger partial charge in [0.05, 0.1) is 12.6 Å². The van der Waals surface area contributed by atoms with Gasteiger partial charge >= 0.3 is 6.09 Å². The molecule has 18 heavy (non-hydrogen) atoms. The average molecular weight is 361 g/mol. The quantitative estimate of drug-likeness (QED) is 0.648. The van der Waals surface area contributed by atoms with Crippen molar-refractivity contribution in [2.45, 2.75) is 25.0 Å². The Balaban J connectivity index is 1.78. The SMILES string of the molecule is COc1ccc(COC(=O)NC2(CI)CC2)cc1. The van der Waals surface area contributed by atoms with Gasteiger partial charge in [0, 0.05) is 4.43 Å². The smallest absolute Gasteiger partial charge is 0.407 e. The number of alkyl halides is 1. The molecule has 0 atom stereocenters. The molecule has 1 amide bonds. The first-order valence-corrected chi connectivity index (χ1v) is 7.34. The Hall–Kier alpha value is -0.980. The highest BCUT2D eigenvalue weighted by atomic mass is 127. The van der Waals surface area contributed by atoms with Crippen LogP contribution in [0.5, 0.6) is 5.75 Å². The van der Waals surface area contributed by atoms with E-state index in [1.807, 2.05) is 24.3 Å². The number of alkyl carbamates (subject to hydrolysis) is 1. The number of ether oxygens (including phenoxy) is 2. The van der Waals surface area contributed by atoms with Gasteiger partial charge in [-0.2, -0.15) is 0 Å². The van der Waals surface area contributed by atoms with Crippen molar-refractivity contribution in [2.24, 2.45) is 0 Å². The van der Waals surface area contributed by atoms with Crippen LogP contribution < -0.4 is 10.1 Å². The highest BCUT2D eigenvalue weighted by molar-refractivity contribution is 14.1.